The van der Waals surface area contributed by atoms with Crippen molar-refractivity contribution < 1.29 is 19.2 Å². The molecule has 1 aliphatic rings. The number of carbonyl (C=O) groups excluding carboxylic acids is 1. The minimum Gasteiger partial charge on any atom is -0.489 e. The highest BCUT2D eigenvalue weighted by molar-refractivity contribution is 5.97. The Kier molecular flexibility index (Phi) is 4.31. The van der Waals surface area contributed by atoms with Gasteiger partial charge in [0.15, 0.2) is 0 Å². The normalized spacial score (nSPS) is 15.4. The number of nitrogens with zero attached hydrogens (tertiary/aromatic N) is 1. The highest BCUT2D eigenvalue weighted by Crippen LogP contribution is 2.30. The van der Waals surface area contributed by atoms with Crippen LogP contribution in [-0.4, -0.2) is 23.0 Å². The summed E-state index contributed by atoms with van der Waals surface area (Å²) in [7, 11) is 0. The number of non-ortho nitro benzene ring substituents is 1. The van der Waals surface area contributed by atoms with Crippen LogP contribution in [0.15, 0.2) is 42.5 Å². The van der Waals surface area contributed by atoms with E-state index in [2.05, 4.69) is 5.32 Å². The maximum Gasteiger partial charge on any atom is 0.269 e. The Balaban J connectivity index is 1.74. The molecule has 1 amide bonds. The predicted octanol–water partition coefficient (Wildman–Crippen LogP) is 3.07. The number of fused-ring (bicyclic) bond motifs is 1. The van der Waals surface area contributed by atoms with Crippen molar-refractivity contribution >= 4 is 11.6 Å². The molecule has 2 aromatic carbocycles. The third-order valence-electron chi connectivity index (χ3n) is 3.81. The molecule has 0 fully saturated rings. The largest absolute Gasteiger partial charge is 0.489 e. The highest BCUT2D eigenvalue weighted by atomic mass is 16.6. The summed E-state index contributed by atoms with van der Waals surface area (Å²) in [6.07, 6.45) is 0. The van der Waals surface area contributed by atoms with Crippen LogP contribution in [0.2, 0.25) is 0 Å². The Morgan fingerprint density at radius 1 is 1.24 bits per heavy atom. The molecule has 1 N–H and O–H groups in total. The van der Waals surface area contributed by atoms with E-state index in [9.17, 15) is 14.9 Å². The zero-order valence-electron chi connectivity index (χ0n) is 13.9. The van der Waals surface area contributed by atoms with Gasteiger partial charge in [0.25, 0.3) is 11.6 Å². The van der Waals surface area contributed by atoms with E-state index in [1.54, 1.807) is 30.3 Å². The molecular weight excluding hydrogens is 324 g/mol. The number of benzene rings is 2. The van der Waals surface area contributed by atoms with E-state index in [0.29, 0.717) is 23.6 Å². The maximum absolute atomic E-state index is 12.1. The second-order valence-corrected chi connectivity index (χ2v) is 6.41. The molecule has 0 saturated carbocycles. The highest BCUT2D eigenvalue weighted by Gasteiger charge is 2.28. The first kappa shape index (κ1) is 16.8. The van der Waals surface area contributed by atoms with Crippen LogP contribution < -0.4 is 14.8 Å². The molecule has 0 saturated heterocycles. The van der Waals surface area contributed by atoms with Gasteiger partial charge in [-0.05, 0) is 43.7 Å². The summed E-state index contributed by atoms with van der Waals surface area (Å²) in [6.45, 7) is 4.46. The molecule has 0 aliphatic carbocycles. The minimum absolute atomic E-state index is 0.0374. The number of rotatable bonds is 4. The van der Waals surface area contributed by atoms with Crippen LogP contribution in [0.1, 0.15) is 29.8 Å². The molecule has 0 unspecified atom stereocenters. The van der Waals surface area contributed by atoms with Crippen molar-refractivity contribution in [2.75, 3.05) is 6.54 Å². The topological polar surface area (TPSA) is 90.7 Å². The number of hydrogen-bond acceptors (Lipinski definition) is 5. The van der Waals surface area contributed by atoms with Crippen molar-refractivity contribution in [1.29, 1.82) is 0 Å². The van der Waals surface area contributed by atoms with Crippen molar-refractivity contribution in [3.8, 4) is 11.5 Å². The summed E-state index contributed by atoms with van der Waals surface area (Å²) in [5.41, 5.74) is 0.793. The molecule has 0 bridgehead atoms. The fraction of sp³-hybridized carbons (Fsp3) is 0.278. The molecule has 1 aliphatic heterocycles. The molecule has 0 radical (unpaired) electrons. The summed E-state index contributed by atoms with van der Waals surface area (Å²) in [6, 6.07) is 11.2. The quantitative estimate of drug-likeness (QED) is 0.681. The van der Waals surface area contributed by atoms with Crippen molar-refractivity contribution in [3.05, 3.63) is 63.7 Å². The van der Waals surface area contributed by atoms with Gasteiger partial charge in [0.2, 0.25) is 0 Å². The molecule has 7 nitrogen and oxygen atoms in total. The summed E-state index contributed by atoms with van der Waals surface area (Å²) in [4.78, 5) is 22.3. The lowest BCUT2D eigenvalue weighted by Gasteiger charge is -2.24. The lowest BCUT2D eigenvalue weighted by atomic mass is 10.1. The standard InChI is InChI=1S/C18H18N2O5/c1-18(2)11-19-17(21)15-8-7-14(9-16(15)25-18)24-10-12-3-5-13(6-4-12)20(22)23/h3-9H,10-11H2,1-2H3,(H,19,21). The Morgan fingerprint density at radius 2 is 1.96 bits per heavy atom. The van der Waals surface area contributed by atoms with E-state index in [4.69, 9.17) is 9.47 Å². The third-order valence-corrected chi connectivity index (χ3v) is 3.81. The van der Waals surface area contributed by atoms with Gasteiger partial charge in [-0.15, -0.1) is 0 Å². The van der Waals surface area contributed by atoms with Crippen LogP contribution in [-0.2, 0) is 6.61 Å². The van der Waals surface area contributed by atoms with Crippen molar-refractivity contribution in [3.63, 3.8) is 0 Å². The van der Waals surface area contributed by atoms with Crippen LogP contribution in [0.25, 0.3) is 0 Å². The minimum atomic E-state index is -0.516. The smallest absolute Gasteiger partial charge is 0.269 e. The van der Waals surface area contributed by atoms with Gasteiger partial charge in [0, 0.05) is 18.2 Å². The second kappa shape index (κ2) is 6.43. The fourth-order valence-corrected chi connectivity index (χ4v) is 2.47. The number of nitro groups is 1. The van der Waals surface area contributed by atoms with Crippen LogP contribution in [0.3, 0.4) is 0 Å². The number of hydrogen-bond donors (Lipinski definition) is 1. The summed E-state index contributed by atoms with van der Waals surface area (Å²) in [5, 5.41) is 13.5. The average molecular weight is 342 g/mol. The average Bonchev–Trinajstić information content (AvgIpc) is 2.69. The number of nitrogens with one attached hydrogen (secondary N) is 1. The van der Waals surface area contributed by atoms with Crippen molar-refractivity contribution in [2.45, 2.75) is 26.1 Å². The van der Waals surface area contributed by atoms with Crippen molar-refractivity contribution in [1.82, 2.24) is 5.32 Å². The SMILES string of the molecule is CC1(C)CNC(=O)c2ccc(OCc3ccc([N+](=O)[O-])cc3)cc2O1. The molecule has 1 heterocycles. The summed E-state index contributed by atoms with van der Waals surface area (Å²) < 4.78 is 11.6. The van der Waals surface area contributed by atoms with Gasteiger partial charge < -0.3 is 14.8 Å². The predicted molar refractivity (Wildman–Crippen MR) is 90.9 cm³/mol. The number of nitro benzene ring substituents is 1. The van der Waals surface area contributed by atoms with Gasteiger partial charge in [-0.3, -0.25) is 14.9 Å². The Labute approximate surface area is 144 Å². The first-order valence-corrected chi connectivity index (χ1v) is 7.81. The van der Waals surface area contributed by atoms with Gasteiger partial charge >= 0.3 is 0 Å². The lowest BCUT2D eigenvalue weighted by molar-refractivity contribution is -0.384. The van der Waals surface area contributed by atoms with E-state index < -0.39 is 10.5 Å². The van der Waals surface area contributed by atoms with E-state index in [1.165, 1.54) is 12.1 Å². The van der Waals surface area contributed by atoms with Gasteiger partial charge in [-0.25, -0.2) is 0 Å². The van der Waals surface area contributed by atoms with Crippen LogP contribution >= 0.6 is 0 Å². The van der Waals surface area contributed by atoms with Crippen LogP contribution in [0, 0.1) is 10.1 Å². The molecule has 0 aromatic heterocycles. The van der Waals surface area contributed by atoms with Gasteiger partial charge in [-0.1, -0.05) is 0 Å². The monoisotopic (exact) mass is 342 g/mol. The van der Waals surface area contributed by atoms with Gasteiger partial charge in [0.1, 0.15) is 23.7 Å². The molecule has 2 aromatic rings. The zero-order valence-corrected chi connectivity index (χ0v) is 13.9. The maximum atomic E-state index is 12.1. The van der Waals surface area contributed by atoms with E-state index in [1.807, 2.05) is 13.8 Å². The second-order valence-electron chi connectivity index (χ2n) is 6.41. The van der Waals surface area contributed by atoms with Crippen LogP contribution in [0.4, 0.5) is 5.69 Å². The lowest BCUT2D eigenvalue weighted by Crippen LogP contribution is -2.39. The molecule has 25 heavy (non-hydrogen) atoms. The van der Waals surface area contributed by atoms with Crippen LogP contribution in [0.5, 0.6) is 11.5 Å². The molecule has 3 rings (SSSR count). The third kappa shape index (κ3) is 3.88. The van der Waals surface area contributed by atoms with Gasteiger partial charge in [0.05, 0.1) is 17.0 Å². The molecule has 0 atom stereocenters. The van der Waals surface area contributed by atoms with E-state index in [-0.39, 0.29) is 18.2 Å². The summed E-state index contributed by atoms with van der Waals surface area (Å²) >= 11 is 0. The molecule has 0 spiro atoms. The molecule has 7 heteroatoms. The summed E-state index contributed by atoms with van der Waals surface area (Å²) in [5.74, 6) is 0.853. The first-order valence-electron chi connectivity index (χ1n) is 7.81. The molecule has 130 valence electrons. The Bertz CT molecular complexity index is 815. The van der Waals surface area contributed by atoms with E-state index >= 15 is 0 Å². The zero-order chi connectivity index (χ0) is 18.0. The Morgan fingerprint density at radius 3 is 2.64 bits per heavy atom. The fourth-order valence-electron chi connectivity index (χ4n) is 2.47. The first-order chi connectivity index (χ1) is 11.8. The number of carbonyl (C=O) groups is 1. The van der Waals surface area contributed by atoms with Gasteiger partial charge in [-0.2, -0.15) is 0 Å². The Hall–Kier alpha value is -3.09. The van der Waals surface area contributed by atoms with Crippen molar-refractivity contribution in [2.24, 2.45) is 0 Å². The number of amides is 1. The number of ether oxygens (including phenoxy) is 2. The van der Waals surface area contributed by atoms with E-state index in [0.717, 1.165) is 5.56 Å². The molecular formula is C18H18N2O5.